The van der Waals surface area contributed by atoms with E-state index in [-0.39, 0.29) is 6.04 Å². The van der Waals surface area contributed by atoms with Gasteiger partial charge in [-0.3, -0.25) is 4.90 Å². The summed E-state index contributed by atoms with van der Waals surface area (Å²) >= 11 is 1.83. The monoisotopic (exact) mass is 354 g/mol. The lowest BCUT2D eigenvalue weighted by molar-refractivity contribution is 0.173. The van der Waals surface area contributed by atoms with Gasteiger partial charge in [0.15, 0.2) is 0 Å². The van der Waals surface area contributed by atoms with Crippen molar-refractivity contribution < 1.29 is 8.42 Å². The first kappa shape index (κ1) is 16.6. The molecule has 0 bridgehead atoms. The Hall–Kier alpha value is -1.22. The second kappa shape index (κ2) is 6.72. The number of fused-ring (bicyclic) bond motifs is 1. The van der Waals surface area contributed by atoms with Crippen LogP contribution in [0.3, 0.4) is 0 Å². The fourth-order valence-corrected chi connectivity index (χ4v) is 4.44. The predicted molar refractivity (Wildman–Crippen MR) is 91.9 cm³/mol. The molecule has 2 aromatic heterocycles. The van der Waals surface area contributed by atoms with Crippen LogP contribution in [0.2, 0.25) is 0 Å². The van der Waals surface area contributed by atoms with Crippen LogP contribution in [0, 0.1) is 6.92 Å². The van der Waals surface area contributed by atoms with E-state index in [0.29, 0.717) is 6.54 Å². The molecule has 0 radical (unpaired) electrons. The molecule has 0 amide bonds. The number of hydrogen-bond acceptors (Lipinski definition) is 5. The van der Waals surface area contributed by atoms with Crippen molar-refractivity contribution in [2.75, 3.05) is 19.3 Å². The summed E-state index contributed by atoms with van der Waals surface area (Å²) < 4.78 is 27.2. The van der Waals surface area contributed by atoms with E-state index >= 15 is 0 Å². The van der Waals surface area contributed by atoms with Crippen molar-refractivity contribution in [1.29, 1.82) is 0 Å². The van der Waals surface area contributed by atoms with Crippen LogP contribution >= 0.6 is 11.3 Å². The molecule has 0 aliphatic carbocycles. The fourth-order valence-electron chi connectivity index (χ4n) is 3.02. The molecule has 23 heavy (non-hydrogen) atoms. The number of thiophene rings is 1. The third-order valence-corrected chi connectivity index (χ3v) is 5.73. The number of aromatic nitrogens is 2. The number of rotatable bonds is 6. The summed E-state index contributed by atoms with van der Waals surface area (Å²) in [6.45, 7) is 5.30. The number of imidazole rings is 1. The maximum atomic E-state index is 11.2. The van der Waals surface area contributed by atoms with E-state index in [1.54, 1.807) is 0 Å². The maximum absolute atomic E-state index is 11.2. The highest BCUT2D eigenvalue weighted by atomic mass is 32.2. The molecule has 1 N–H and O–H groups in total. The first-order valence-corrected chi connectivity index (χ1v) is 10.3. The van der Waals surface area contributed by atoms with Gasteiger partial charge in [0.25, 0.3) is 0 Å². The molecular formula is C15H22N4O2S2. The first-order chi connectivity index (χ1) is 10.9. The van der Waals surface area contributed by atoms with Crippen molar-refractivity contribution in [3.63, 3.8) is 0 Å². The summed E-state index contributed by atoms with van der Waals surface area (Å²) in [6.07, 6.45) is 5.72. The van der Waals surface area contributed by atoms with E-state index < -0.39 is 10.0 Å². The zero-order chi connectivity index (χ0) is 16.4. The van der Waals surface area contributed by atoms with Gasteiger partial charge in [0.05, 0.1) is 18.3 Å². The largest absolute Gasteiger partial charge is 0.329 e. The van der Waals surface area contributed by atoms with E-state index in [1.807, 2.05) is 23.9 Å². The summed E-state index contributed by atoms with van der Waals surface area (Å²) in [5.41, 5.74) is 1.19. The zero-order valence-corrected chi connectivity index (χ0v) is 15.0. The van der Waals surface area contributed by atoms with Crippen LogP contribution in [0.15, 0.2) is 24.7 Å². The van der Waals surface area contributed by atoms with E-state index in [9.17, 15) is 8.42 Å². The molecule has 0 fully saturated rings. The Morgan fingerprint density at radius 2 is 2.26 bits per heavy atom. The molecule has 0 saturated heterocycles. The Bertz CT molecular complexity index is 766. The van der Waals surface area contributed by atoms with Gasteiger partial charge in [-0.1, -0.05) is 0 Å². The van der Waals surface area contributed by atoms with Gasteiger partial charge in [0.1, 0.15) is 0 Å². The van der Waals surface area contributed by atoms with Gasteiger partial charge >= 0.3 is 0 Å². The molecule has 0 unspecified atom stereocenters. The third-order valence-electron chi connectivity index (χ3n) is 4.01. The van der Waals surface area contributed by atoms with Gasteiger partial charge in [0, 0.05) is 48.2 Å². The highest BCUT2D eigenvalue weighted by Crippen LogP contribution is 2.26. The van der Waals surface area contributed by atoms with E-state index in [1.165, 1.54) is 21.7 Å². The molecule has 3 rings (SSSR count). The number of nitrogens with one attached hydrogen (secondary N) is 1. The van der Waals surface area contributed by atoms with Crippen molar-refractivity contribution in [3.8, 4) is 0 Å². The van der Waals surface area contributed by atoms with Crippen LogP contribution in [-0.4, -0.2) is 42.2 Å². The summed E-state index contributed by atoms with van der Waals surface area (Å²) in [7, 11) is -3.14. The Labute approximate surface area is 141 Å². The molecule has 2 aromatic rings. The summed E-state index contributed by atoms with van der Waals surface area (Å²) in [6, 6.07) is 4.59. The molecule has 1 aliphatic heterocycles. The lowest BCUT2D eigenvalue weighted by Crippen LogP contribution is -2.38. The Morgan fingerprint density at radius 3 is 2.96 bits per heavy atom. The van der Waals surface area contributed by atoms with Crippen molar-refractivity contribution in [2.24, 2.45) is 0 Å². The number of aryl methyl sites for hydroxylation is 1. The first-order valence-electron chi connectivity index (χ1n) is 7.64. The van der Waals surface area contributed by atoms with Gasteiger partial charge in [-0.15, -0.1) is 11.3 Å². The Balaban J connectivity index is 1.67. The highest BCUT2D eigenvalue weighted by molar-refractivity contribution is 7.88. The number of sulfonamides is 1. The van der Waals surface area contributed by atoms with Crippen molar-refractivity contribution in [2.45, 2.75) is 32.5 Å². The smallest absolute Gasteiger partial charge is 0.208 e. The predicted octanol–water partition coefficient (Wildman–Crippen LogP) is 1.75. The minimum absolute atomic E-state index is 0.247. The van der Waals surface area contributed by atoms with Crippen LogP contribution in [0.4, 0.5) is 0 Å². The van der Waals surface area contributed by atoms with Gasteiger partial charge in [-0.05, 0) is 25.5 Å². The highest BCUT2D eigenvalue weighted by Gasteiger charge is 2.25. The van der Waals surface area contributed by atoms with Crippen molar-refractivity contribution in [1.82, 2.24) is 19.2 Å². The maximum Gasteiger partial charge on any atom is 0.208 e. The minimum Gasteiger partial charge on any atom is -0.329 e. The van der Waals surface area contributed by atoms with Crippen LogP contribution in [0.25, 0.3) is 0 Å². The molecule has 1 atom stereocenters. The van der Waals surface area contributed by atoms with E-state index in [2.05, 4.69) is 38.2 Å². The lowest BCUT2D eigenvalue weighted by Gasteiger charge is -2.34. The Morgan fingerprint density at radius 1 is 1.43 bits per heavy atom. The molecular weight excluding hydrogens is 332 g/mol. The van der Waals surface area contributed by atoms with Gasteiger partial charge in [-0.25, -0.2) is 18.1 Å². The topological polar surface area (TPSA) is 67.2 Å². The van der Waals surface area contributed by atoms with Gasteiger partial charge < -0.3 is 4.57 Å². The van der Waals surface area contributed by atoms with Crippen LogP contribution in [0.1, 0.15) is 27.9 Å². The fraction of sp³-hybridized carbons (Fsp3) is 0.533. The quantitative estimate of drug-likeness (QED) is 0.858. The second-order valence-corrected chi connectivity index (χ2v) is 9.29. The van der Waals surface area contributed by atoms with Gasteiger partial charge in [0.2, 0.25) is 10.0 Å². The minimum atomic E-state index is -3.14. The SMILES string of the molecule is Cc1ccc(CN2Cc3cncn3[C@H](CCNS(C)(=O)=O)C2)s1. The van der Waals surface area contributed by atoms with E-state index in [4.69, 9.17) is 0 Å². The van der Waals surface area contributed by atoms with Gasteiger partial charge in [-0.2, -0.15) is 0 Å². The summed E-state index contributed by atoms with van der Waals surface area (Å²) in [4.78, 5) is 9.36. The molecule has 8 heteroatoms. The molecule has 0 saturated carbocycles. The lowest BCUT2D eigenvalue weighted by atomic mass is 10.1. The van der Waals surface area contributed by atoms with Crippen molar-refractivity contribution >= 4 is 21.4 Å². The van der Waals surface area contributed by atoms with Crippen LogP contribution in [0.5, 0.6) is 0 Å². The average Bonchev–Trinajstić information content (AvgIpc) is 3.06. The summed E-state index contributed by atoms with van der Waals surface area (Å²) in [5.74, 6) is 0. The van der Waals surface area contributed by atoms with Crippen LogP contribution in [-0.2, 0) is 23.1 Å². The third kappa shape index (κ3) is 4.41. The Kier molecular flexibility index (Phi) is 4.86. The average molecular weight is 355 g/mol. The molecule has 0 spiro atoms. The molecule has 6 nitrogen and oxygen atoms in total. The second-order valence-electron chi connectivity index (χ2n) is 6.08. The molecule has 1 aliphatic rings. The van der Waals surface area contributed by atoms with E-state index in [0.717, 1.165) is 26.1 Å². The summed E-state index contributed by atoms with van der Waals surface area (Å²) in [5, 5.41) is 0. The standard InChI is InChI=1S/C15H22N4O2S2/c1-12-3-4-15(22-12)10-18-8-13(5-6-17-23(2,20)21)19-11-16-7-14(19)9-18/h3-4,7,11,13,17H,5-6,8-10H2,1-2H3/t13-/m1/s1. The number of nitrogens with zero attached hydrogens (tertiary/aromatic N) is 3. The van der Waals surface area contributed by atoms with Crippen molar-refractivity contribution in [3.05, 3.63) is 40.1 Å². The van der Waals surface area contributed by atoms with Crippen LogP contribution < -0.4 is 4.72 Å². The number of hydrogen-bond donors (Lipinski definition) is 1. The zero-order valence-electron chi connectivity index (χ0n) is 13.4. The normalized spacial score (nSPS) is 19.0. The molecule has 3 heterocycles. The molecule has 126 valence electrons. The molecule has 0 aromatic carbocycles.